The van der Waals surface area contributed by atoms with Crippen molar-refractivity contribution in [1.82, 2.24) is 30.1 Å². The summed E-state index contributed by atoms with van der Waals surface area (Å²) >= 11 is 0. The van der Waals surface area contributed by atoms with Crippen molar-refractivity contribution in [3.8, 4) is 17.1 Å². The summed E-state index contributed by atoms with van der Waals surface area (Å²) in [4.78, 5) is 64.8. The maximum absolute atomic E-state index is 13.3. The number of aromatic amines is 1. The first-order valence-corrected chi connectivity index (χ1v) is 18.2. The molecule has 2 fully saturated rings. The number of fused-ring (bicyclic) bond motifs is 2. The number of anilines is 1. The summed E-state index contributed by atoms with van der Waals surface area (Å²) in [5.41, 5.74) is 10.8. The second-order valence-electron chi connectivity index (χ2n) is 13.8. The number of benzene rings is 1. The quantitative estimate of drug-likeness (QED) is 0.179. The second kappa shape index (κ2) is 16.8. The number of piperidine rings is 1. The zero-order chi connectivity index (χ0) is 36.6. The van der Waals surface area contributed by atoms with Gasteiger partial charge in [-0.05, 0) is 94.4 Å². The van der Waals surface area contributed by atoms with E-state index in [0.29, 0.717) is 43.5 Å². The number of nitrogens with two attached hydrogens (primary N) is 1. The third-order valence-electron chi connectivity index (χ3n) is 10.6. The number of pyridine rings is 2. The highest BCUT2D eigenvalue weighted by molar-refractivity contribution is 6.03. The fourth-order valence-electron chi connectivity index (χ4n) is 7.84. The average Bonchev–Trinajstić information content (AvgIpc) is 3.87. The number of amides is 4. The molecule has 3 aliphatic rings. The van der Waals surface area contributed by atoms with Crippen LogP contribution in [0.4, 0.5) is 5.69 Å². The molecule has 3 aliphatic heterocycles. The third-order valence-corrected chi connectivity index (χ3v) is 10.6. The predicted molar refractivity (Wildman–Crippen MR) is 198 cm³/mol. The van der Waals surface area contributed by atoms with E-state index in [1.807, 2.05) is 37.4 Å². The van der Waals surface area contributed by atoms with Gasteiger partial charge in [0.15, 0.2) is 0 Å². The molecule has 4 amide bonds. The van der Waals surface area contributed by atoms with Crippen LogP contribution in [-0.2, 0) is 20.9 Å². The monoisotopic (exact) mass is 708 g/mol. The molecule has 13 heteroatoms. The van der Waals surface area contributed by atoms with Crippen LogP contribution in [0.5, 0.6) is 5.75 Å². The Kier molecular flexibility index (Phi) is 11.8. The lowest BCUT2D eigenvalue weighted by Gasteiger charge is -2.35. The number of hydrogen-bond donors (Lipinski definition) is 3. The van der Waals surface area contributed by atoms with Crippen molar-refractivity contribution in [3.63, 3.8) is 0 Å². The van der Waals surface area contributed by atoms with E-state index in [4.69, 9.17) is 9.53 Å². The summed E-state index contributed by atoms with van der Waals surface area (Å²) in [6.07, 6.45) is 11.0. The zero-order valence-electron chi connectivity index (χ0n) is 29.9. The molecule has 52 heavy (non-hydrogen) atoms. The van der Waals surface area contributed by atoms with Gasteiger partial charge in [0.05, 0.1) is 24.2 Å². The lowest BCUT2D eigenvalue weighted by molar-refractivity contribution is -0.129. The first-order valence-electron chi connectivity index (χ1n) is 18.2. The van der Waals surface area contributed by atoms with Crippen LogP contribution in [0.15, 0.2) is 54.9 Å². The van der Waals surface area contributed by atoms with E-state index < -0.39 is 11.9 Å². The average molecular weight is 709 g/mol. The Labute approximate surface area is 303 Å². The minimum Gasteiger partial charge on any atom is -0.492 e. The second-order valence-corrected chi connectivity index (χ2v) is 13.8. The van der Waals surface area contributed by atoms with Gasteiger partial charge in [-0.25, -0.2) is 0 Å². The topological polar surface area (TPSA) is 167 Å². The van der Waals surface area contributed by atoms with E-state index in [1.165, 1.54) is 18.5 Å². The Balaban J connectivity index is 0.00000150. The highest BCUT2D eigenvalue weighted by Crippen LogP contribution is 2.36. The Morgan fingerprint density at radius 1 is 1.08 bits per heavy atom. The molecule has 274 valence electrons. The van der Waals surface area contributed by atoms with E-state index in [2.05, 4.69) is 61.0 Å². The number of primary amides is 1. The number of H-pyrrole nitrogens is 1. The van der Waals surface area contributed by atoms with E-state index in [-0.39, 0.29) is 12.3 Å². The van der Waals surface area contributed by atoms with Gasteiger partial charge < -0.3 is 25.3 Å². The summed E-state index contributed by atoms with van der Waals surface area (Å²) in [6.45, 7) is 5.89. The van der Waals surface area contributed by atoms with Crippen LogP contribution in [0.1, 0.15) is 79.5 Å². The van der Waals surface area contributed by atoms with Gasteiger partial charge in [-0.2, -0.15) is 0 Å². The minimum atomic E-state index is -0.664. The van der Waals surface area contributed by atoms with Crippen LogP contribution in [0, 0.1) is 5.92 Å². The number of carbonyl (C=O) groups excluding carboxylic acids is 4. The lowest BCUT2D eigenvalue weighted by atomic mass is 9.93. The van der Waals surface area contributed by atoms with Crippen molar-refractivity contribution in [2.45, 2.75) is 70.5 Å². The van der Waals surface area contributed by atoms with Gasteiger partial charge in [0.2, 0.25) is 18.7 Å². The third kappa shape index (κ3) is 7.94. The lowest BCUT2D eigenvalue weighted by Crippen LogP contribution is -2.46. The number of ether oxygens (including phenoxy) is 1. The maximum atomic E-state index is 13.3. The number of nitrogens with zero attached hydrogens (tertiary/aromatic N) is 5. The molecule has 7 rings (SSSR count). The van der Waals surface area contributed by atoms with E-state index >= 15 is 0 Å². The smallest absolute Gasteiger partial charge is 0.255 e. The zero-order valence-corrected chi connectivity index (χ0v) is 29.9. The molecule has 2 saturated heterocycles. The van der Waals surface area contributed by atoms with Gasteiger partial charge in [0, 0.05) is 65.3 Å². The molecule has 4 N–H and O–H groups in total. The van der Waals surface area contributed by atoms with E-state index in [1.54, 1.807) is 11.1 Å². The summed E-state index contributed by atoms with van der Waals surface area (Å²) < 4.78 is 6.11. The van der Waals surface area contributed by atoms with Crippen LogP contribution >= 0.6 is 0 Å². The number of rotatable bonds is 12. The highest BCUT2D eigenvalue weighted by atomic mass is 16.5. The molecule has 3 aromatic heterocycles. The number of likely N-dealkylation sites (tertiary alicyclic amines) is 1. The summed E-state index contributed by atoms with van der Waals surface area (Å²) in [5, 5.41) is 3.37. The molecule has 0 saturated carbocycles. The van der Waals surface area contributed by atoms with Crippen LogP contribution in [0.25, 0.3) is 22.3 Å². The van der Waals surface area contributed by atoms with E-state index in [0.717, 1.165) is 84.6 Å². The molecule has 0 bridgehead atoms. The number of nitrogens with one attached hydrogen (secondary N) is 2. The van der Waals surface area contributed by atoms with Gasteiger partial charge in [-0.15, -0.1) is 0 Å². The molecular formula is C39H48N8O5. The molecular weight excluding hydrogens is 660 g/mol. The van der Waals surface area contributed by atoms with Gasteiger partial charge >= 0.3 is 0 Å². The van der Waals surface area contributed by atoms with Crippen LogP contribution < -0.4 is 20.7 Å². The number of imide groups is 1. The molecule has 4 aromatic rings. The van der Waals surface area contributed by atoms with Gasteiger partial charge in [0.1, 0.15) is 11.8 Å². The molecule has 2 unspecified atom stereocenters. The first kappa shape index (κ1) is 36.5. The summed E-state index contributed by atoms with van der Waals surface area (Å²) in [5.74, 6) is 0.725. The van der Waals surface area contributed by atoms with Crippen molar-refractivity contribution >= 4 is 41.2 Å². The highest BCUT2D eigenvalue weighted by Gasteiger charge is 2.38. The van der Waals surface area contributed by atoms with Gasteiger partial charge in [0.25, 0.3) is 5.91 Å². The molecule has 0 spiro atoms. The van der Waals surface area contributed by atoms with Crippen LogP contribution in [0.3, 0.4) is 0 Å². The van der Waals surface area contributed by atoms with Crippen molar-refractivity contribution in [1.29, 1.82) is 0 Å². The SMILES string of the molecule is CCCC(C(=O)NC=O)N1Cc2c(cccc2N2CCC(CCOc3ccc(-c4cc5[nH]c(C6CCCN6C)cc5cn4)nc3)CC2)C1=O.NC=O. The normalized spacial score (nSPS) is 18.1. The standard InChI is InChI=1S/C38H45N7O4.CH3NO/c1-3-6-36(37(47)41-24-46)45-23-29-28(38(45)48)7-4-8-34(29)44-16-12-25(13-17-44)14-18-49-27-10-11-30(40-22-27)32-20-31-26(21-39-32)19-33(42-31)35-9-5-15-43(35)2;2-1-3/h4,7-8,10-11,19-22,24-25,35-36,42H,3,5-6,9,12-18,23H2,1-2H3,(H,41,46,47);1H,(H2,2,3). The maximum Gasteiger partial charge on any atom is 0.255 e. The number of aromatic nitrogens is 3. The van der Waals surface area contributed by atoms with Gasteiger partial charge in [-0.1, -0.05) is 19.4 Å². The Bertz CT molecular complexity index is 1870. The fraction of sp³-hybridized carbons (Fsp3) is 0.436. The van der Waals surface area contributed by atoms with Crippen molar-refractivity contribution < 1.29 is 23.9 Å². The largest absolute Gasteiger partial charge is 0.492 e. The fourth-order valence-corrected chi connectivity index (χ4v) is 7.84. The summed E-state index contributed by atoms with van der Waals surface area (Å²) in [7, 11) is 2.19. The first-order chi connectivity index (χ1) is 25.3. The Hall–Kier alpha value is -5.30. The van der Waals surface area contributed by atoms with Crippen LogP contribution in [0.2, 0.25) is 0 Å². The predicted octanol–water partition coefficient (Wildman–Crippen LogP) is 4.58. The minimum absolute atomic E-state index is 0.148. The molecule has 2 atom stereocenters. The summed E-state index contributed by atoms with van der Waals surface area (Å²) in [6, 6.07) is 13.9. The van der Waals surface area contributed by atoms with Crippen molar-refractivity contribution in [2.24, 2.45) is 11.7 Å². The number of carbonyl (C=O) groups is 4. The van der Waals surface area contributed by atoms with Crippen molar-refractivity contribution in [3.05, 3.63) is 71.7 Å². The Morgan fingerprint density at radius 3 is 2.56 bits per heavy atom. The number of hydrogen-bond acceptors (Lipinski definition) is 9. The molecule has 13 nitrogen and oxygen atoms in total. The molecule has 0 radical (unpaired) electrons. The van der Waals surface area contributed by atoms with E-state index in [9.17, 15) is 14.4 Å². The Morgan fingerprint density at radius 2 is 1.87 bits per heavy atom. The van der Waals surface area contributed by atoms with Crippen molar-refractivity contribution in [2.75, 3.05) is 38.2 Å². The van der Waals surface area contributed by atoms with Gasteiger partial charge in [-0.3, -0.25) is 39.4 Å². The molecule has 1 aromatic carbocycles. The van der Waals surface area contributed by atoms with Crippen LogP contribution in [-0.4, -0.2) is 88.7 Å². The molecule has 6 heterocycles. The molecule has 0 aliphatic carbocycles.